The van der Waals surface area contributed by atoms with Crippen LogP contribution in [-0.4, -0.2) is 35.9 Å². The maximum absolute atomic E-state index is 13.2. The topological polar surface area (TPSA) is 58.6 Å². The molecule has 0 aromatic heterocycles. The van der Waals surface area contributed by atoms with Crippen molar-refractivity contribution in [1.29, 1.82) is 0 Å². The lowest BCUT2D eigenvalue weighted by Crippen LogP contribution is -2.50. The number of unbranched alkanes of at least 4 members (excludes halogenated alkanes) is 1. The van der Waals surface area contributed by atoms with Gasteiger partial charge in [-0.2, -0.15) is 0 Å². The molecular weight excluding hydrogens is 435 g/mol. The average molecular weight is 465 g/mol. The van der Waals surface area contributed by atoms with Crippen molar-refractivity contribution in [3.63, 3.8) is 0 Å². The summed E-state index contributed by atoms with van der Waals surface area (Å²) in [4.78, 5) is 27.5. The van der Waals surface area contributed by atoms with Gasteiger partial charge in [-0.05, 0) is 49.6 Å². The highest BCUT2D eigenvalue weighted by Crippen LogP contribution is 2.24. The Morgan fingerprint density at radius 2 is 1.81 bits per heavy atom. The second-order valence-electron chi connectivity index (χ2n) is 7.43. The quantitative estimate of drug-likeness (QED) is 0.452. The molecule has 0 saturated heterocycles. The van der Waals surface area contributed by atoms with E-state index in [2.05, 4.69) is 12.2 Å². The Bertz CT molecular complexity index is 872. The number of rotatable bonds is 11. The number of amides is 2. The van der Waals surface area contributed by atoms with Gasteiger partial charge in [0.2, 0.25) is 5.91 Å². The number of hydrogen-bond acceptors (Lipinski definition) is 3. The molecule has 1 N–H and O–H groups in total. The Morgan fingerprint density at radius 1 is 1.10 bits per heavy atom. The van der Waals surface area contributed by atoms with Gasteiger partial charge >= 0.3 is 0 Å². The Morgan fingerprint density at radius 3 is 2.42 bits per heavy atom. The molecule has 0 heterocycles. The van der Waals surface area contributed by atoms with Crippen molar-refractivity contribution in [2.24, 2.45) is 0 Å². The van der Waals surface area contributed by atoms with Crippen LogP contribution in [0, 0.1) is 6.92 Å². The van der Waals surface area contributed by atoms with Gasteiger partial charge in [-0.25, -0.2) is 0 Å². The summed E-state index contributed by atoms with van der Waals surface area (Å²) in [5, 5.41) is 3.89. The zero-order valence-corrected chi connectivity index (χ0v) is 19.8. The van der Waals surface area contributed by atoms with Crippen molar-refractivity contribution in [2.45, 2.75) is 52.6 Å². The number of benzene rings is 2. The number of nitrogens with zero attached hydrogens (tertiary/aromatic N) is 1. The minimum Gasteiger partial charge on any atom is -0.484 e. The molecule has 0 unspecified atom stereocenters. The molecule has 0 aliphatic rings. The second-order valence-corrected chi connectivity index (χ2v) is 8.27. The van der Waals surface area contributed by atoms with E-state index in [4.69, 9.17) is 27.9 Å². The van der Waals surface area contributed by atoms with Gasteiger partial charge in [0.25, 0.3) is 5.91 Å². The highest BCUT2D eigenvalue weighted by atomic mass is 35.5. The van der Waals surface area contributed by atoms with Crippen molar-refractivity contribution in [2.75, 3.05) is 13.2 Å². The van der Waals surface area contributed by atoms with Gasteiger partial charge in [-0.15, -0.1) is 0 Å². The predicted octanol–water partition coefficient (Wildman–Crippen LogP) is 5.40. The Labute approximate surface area is 194 Å². The minimum absolute atomic E-state index is 0.174. The predicted molar refractivity (Wildman–Crippen MR) is 126 cm³/mol. The minimum atomic E-state index is -0.627. The van der Waals surface area contributed by atoms with Crippen molar-refractivity contribution in [3.8, 4) is 5.75 Å². The van der Waals surface area contributed by atoms with Crippen molar-refractivity contribution in [3.05, 3.63) is 63.6 Å². The summed E-state index contributed by atoms with van der Waals surface area (Å²) >= 11 is 12.3. The molecule has 0 fully saturated rings. The smallest absolute Gasteiger partial charge is 0.261 e. The molecule has 1 atom stereocenters. The van der Waals surface area contributed by atoms with E-state index in [1.807, 2.05) is 38.1 Å². The van der Waals surface area contributed by atoms with Gasteiger partial charge in [0.1, 0.15) is 11.8 Å². The molecule has 5 nitrogen and oxygen atoms in total. The first-order chi connectivity index (χ1) is 14.8. The lowest BCUT2D eigenvalue weighted by atomic mass is 10.1. The van der Waals surface area contributed by atoms with Gasteiger partial charge in [0, 0.05) is 23.1 Å². The summed E-state index contributed by atoms with van der Waals surface area (Å²) in [6.45, 7) is 6.52. The summed E-state index contributed by atoms with van der Waals surface area (Å²) in [5.41, 5.74) is 1.82. The molecule has 0 spiro atoms. The zero-order valence-electron chi connectivity index (χ0n) is 18.3. The van der Waals surface area contributed by atoms with E-state index in [1.54, 1.807) is 18.2 Å². The van der Waals surface area contributed by atoms with Crippen molar-refractivity contribution in [1.82, 2.24) is 10.2 Å². The van der Waals surface area contributed by atoms with Crippen molar-refractivity contribution >= 4 is 35.0 Å². The van der Waals surface area contributed by atoms with E-state index in [0.717, 1.165) is 24.0 Å². The van der Waals surface area contributed by atoms with Gasteiger partial charge < -0.3 is 15.0 Å². The monoisotopic (exact) mass is 464 g/mol. The van der Waals surface area contributed by atoms with Gasteiger partial charge in [-0.1, -0.05) is 67.2 Å². The van der Waals surface area contributed by atoms with Crippen LogP contribution in [0.2, 0.25) is 10.0 Å². The van der Waals surface area contributed by atoms with Crippen LogP contribution in [0.5, 0.6) is 5.75 Å². The number of hydrogen-bond donors (Lipinski definition) is 1. The largest absolute Gasteiger partial charge is 0.484 e. The highest BCUT2D eigenvalue weighted by molar-refractivity contribution is 6.35. The molecule has 2 aromatic carbocycles. The summed E-state index contributed by atoms with van der Waals surface area (Å²) in [5.74, 6) is 0.137. The summed E-state index contributed by atoms with van der Waals surface area (Å²) in [6.07, 6.45) is 2.33. The number of carbonyl (C=O) groups excluding carboxylic acids is 2. The number of aryl methyl sites for hydroxylation is 1. The van der Waals surface area contributed by atoms with Crippen LogP contribution in [0.4, 0.5) is 0 Å². The maximum atomic E-state index is 13.2. The Kier molecular flexibility index (Phi) is 10.2. The molecule has 0 radical (unpaired) electrons. The first-order valence-electron chi connectivity index (χ1n) is 10.6. The van der Waals surface area contributed by atoms with E-state index in [-0.39, 0.29) is 25.0 Å². The van der Waals surface area contributed by atoms with E-state index in [0.29, 0.717) is 28.8 Å². The molecule has 168 valence electrons. The molecule has 2 rings (SSSR count). The number of ether oxygens (including phenoxy) is 1. The third-order valence-electron chi connectivity index (χ3n) is 4.95. The highest BCUT2D eigenvalue weighted by Gasteiger charge is 2.29. The van der Waals surface area contributed by atoms with Crippen LogP contribution in [0.1, 0.15) is 44.2 Å². The Hall–Kier alpha value is -2.24. The fourth-order valence-corrected chi connectivity index (χ4v) is 3.59. The van der Waals surface area contributed by atoms with Crippen molar-refractivity contribution < 1.29 is 14.3 Å². The van der Waals surface area contributed by atoms with Crippen LogP contribution in [-0.2, 0) is 16.1 Å². The van der Waals surface area contributed by atoms with Gasteiger partial charge in [0.05, 0.1) is 0 Å². The number of nitrogens with one attached hydrogen (secondary N) is 1. The molecule has 2 amide bonds. The molecule has 0 aliphatic heterocycles. The molecule has 0 saturated carbocycles. The molecular formula is C24H30Cl2N2O3. The molecule has 2 aromatic rings. The maximum Gasteiger partial charge on any atom is 0.261 e. The normalized spacial score (nSPS) is 11.6. The van der Waals surface area contributed by atoms with E-state index in [9.17, 15) is 9.59 Å². The summed E-state index contributed by atoms with van der Waals surface area (Å²) in [6, 6.07) is 12.0. The SMILES string of the molecule is CCCCNC(=O)[C@H](CC)N(Cc1ccc(Cl)cc1Cl)C(=O)COc1ccc(C)cc1. The fourth-order valence-electron chi connectivity index (χ4n) is 3.12. The fraction of sp³-hybridized carbons (Fsp3) is 0.417. The standard InChI is InChI=1S/C24H30Cl2N2O3/c1-4-6-13-27-24(30)22(5-2)28(15-18-9-10-19(25)14-21(18)26)23(29)16-31-20-11-7-17(3)8-12-20/h7-12,14,22H,4-6,13,15-16H2,1-3H3,(H,27,30)/t22-/m0/s1. The van der Waals surface area contributed by atoms with Crippen LogP contribution in [0.15, 0.2) is 42.5 Å². The van der Waals surface area contributed by atoms with Crippen LogP contribution < -0.4 is 10.1 Å². The summed E-state index contributed by atoms with van der Waals surface area (Å²) in [7, 11) is 0. The first-order valence-corrected chi connectivity index (χ1v) is 11.3. The second kappa shape index (κ2) is 12.6. The number of carbonyl (C=O) groups is 2. The summed E-state index contributed by atoms with van der Waals surface area (Å²) < 4.78 is 5.69. The zero-order chi connectivity index (χ0) is 22.8. The lowest BCUT2D eigenvalue weighted by Gasteiger charge is -2.31. The van der Waals surface area contributed by atoms with Crippen LogP contribution >= 0.6 is 23.2 Å². The van der Waals surface area contributed by atoms with E-state index < -0.39 is 6.04 Å². The third kappa shape index (κ3) is 7.75. The van der Waals surface area contributed by atoms with Crippen LogP contribution in [0.25, 0.3) is 0 Å². The molecule has 0 bridgehead atoms. The Balaban J connectivity index is 2.20. The molecule has 31 heavy (non-hydrogen) atoms. The lowest BCUT2D eigenvalue weighted by molar-refractivity contribution is -0.143. The number of halogens is 2. The van der Waals surface area contributed by atoms with E-state index in [1.165, 1.54) is 4.90 Å². The van der Waals surface area contributed by atoms with Gasteiger partial charge in [0.15, 0.2) is 6.61 Å². The molecule has 0 aliphatic carbocycles. The first kappa shape index (κ1) is 25.0. The third-order valence-corrected chi connectivity index (χ3v) is 5.54. The molecule has 7 heteroatoms. The van der Waals surface area contributed by atoms with Crippen LogP contribution in [0.3, 0.4) is 0 Å². The average Bonchev–Trinajstić information content (AvgIpc) is 2.74. The van der Waals surface area contributed by atoms with Gasteiger partial charge in [-0.3, -0.25) is 9.59 Å². The van der Waals surface area contributed by atoms with E-state index >= 15 is 0 Å².